The summed E-state index contributed by atoms with van der Waals surface area (Å²) in [6.45, 7) is 1.61. The van der Waals surface area contributed by atoms with Crippen LogP contribution in [-0.2, 0) is 33.2 Å². The number of unbranched alkanes of at least 4 members (excludes halogenated alkanes) is 34. The maximum absolute atomic E-state index is 13.4. The van der Waals surface area contributed by atoms with Crippen LogP contribution in [0.15, 0.2) is 72.9 Å². The van der Waals surface area contributed by atoms with E-state index in [9.17, 15) is 61.0 Å². The van der Waals surface area contributed by atoms with Crippen molar-refractivity contribution in [3.8, 4) is 0 Å². The van der Waals surface area contributed by atoms with Crippen LogP contribution in [0.25, 0.3) is 0 Å². The van der Waals surface area contributed by atoms with Crippen LogP contribution in [-0.4, -0.2) is 193 Å². The first-order chi connectivity index (χ1) is 47.3. The van der Waals surface area contributed by atoms with Crippen molar-refractivity contribution in [3.63, 3.8) is 0 Å². The van der Waals surface area contributed by atoms with Crippen molar-refractivity contribution in [3.05, 3.63) is 72.9 Å². The van der Waals surface area contributed by atoms with E-state index in [0.29, 0.717) is 12.8 Å². The summed E-state index contributed by atoms with van der Waals surface area (Å²) >= 11 is 0. The van der Waals surface area contributed by atoms with Crippen molar-refractivity contribution in [2.75, 3.05) is 26.4 Å². The molecule has 0 aliphatic carbocycles. The number of rotatable bonds is 60. The minimum atomic E-state index is -1.98. The number of aliphatic hydroxyl groups excluding tert-OH is 11. The molecule has 0 spiro atoms. The quantitative estimate of drug-likeness (QED) is 0.0199. The Morgan fingerprint density at radius 1 is 0.371 bits per heavy atom. The van der Waals surface area contributed by atoms with Gasteiger partial charge in [0, 0.05) is 6.42 Å². The molecule has 0 aromatic rings. The molecule has 3 aliphatic rings. The number of aliphatic hydroxyl groups is 11. The number of hydrogen-bond acceptors (Lipinski definition) is 18. The molecule has 564 valence electrons. The van der Waals surface area contributed by atoms with E-state index in [1.807, 2.05) is 6.08 Å². The van der Waals surface area contributed by atoms with E-state index in [2.05, 4.69) is 79.9 Å². The van der Waals surface area contributed by atoms with Crippen LogP contribution in [0.2, 0.25) is 0 Å². The van der Waals surface area contributed by atoms with Crippen LogP contribution in [0, 0.1) is 0 Å². The third-order valence-electron chi connectivity index (χ3n) is 18.9. The van der Waals surface area contributed by atoms with Crippen LogP contribution < -0.4 is 5.32 Å². The maximum atomic E-state index is 13.4. The highest BCUT2D eigenvalue weighted by atomic mass is 16.8. The molecule has 19 heteroatoms. The van der Waals surface area contributed by atoms with Gasteiger partial charge in [-0.1, -0.05) is 273 Å². The molecule has 3 saturated heterocycles. The summed E-state index contributed by atoms with van der Waals surface area (Å²) in [5.74, 6) is -0.289. The highest BCUT2D eigenvalue weighted by molar-refractivity contribution is 5.76. The summed E-state index contributed by atoms with van der Waals surface area (Å²) in [6, 6.07) is -0.996. The lowest BCUT2D eigenvalue weighted by atomic mass is 9.96. The minimum absolute atomic E-state index is 0.233. The molecular weight excluding hydrogens is 1240 g/mol. The van der Waals surface area contributed by atoms with E-state index in [-0.39, 0.29) is 18.9 Å². The van der Waals surface area contributed by atoms with E-state index in [1.54, 1.807) is 6.08 Å². The van der Waals surface area contributed by atoms with Gasteiger partial charge < -0.3 is 89.9 Å². The van der Waals surface area contributed by atoms with Gasteiger partial charge in [-0.25, -0.2) is 0 Å². The Hall–Kier alpha value is -2.77. The smallest absolute Gasteiger partial charge is 0.220 e. The van der Waals surface area contributed by atoms with E-state index < -0.39 is 124 Å². The minimum Gasteiger partial charge on any atom is -0.394 e. The van der Waals surface area contributed by atoms with Gasteiger partial charge in [-0.3, -0.25) is 4.79 Å². The molecule has 3 aliphatic heterocycles. The molecule has 0 aromatic carbocycles. The number of carbonyl (C=O) groups excluding carboxylic acids is 1. The number of nitrogens with one attached hydrogen (secondary N) is 1. The standard InChI is InChI=1S/C78H139NO18/c1-3-5-7-9-11-13-15-16-17-18-19-20-21-22-23-24-25-26-27-28-29-30-31-32-33-34-35-36-37-38-39-40-41-42-43-44-46-48-50-52-54-56-66(84)79-61(62(83)55-53-51-49-47-45-14-12-10-8-6-4-2)60-92-76-72(90)69(87)74(64(58-81)94-76)97-78-73(91)70(88)75(65(59-82)95-78)96-77-71(89)68(86)67(85)63(57-80)93-77/h8,10,15-16,18-19,21-22,45,47,53,55,61-65,67-78,80-83,85-91H,3-7,9,11-14,17,20,23-44,46,48-52,54,56-60H2,1-2H3,(H,79,84)/b10-8+,16-15-,19-18-,22-21-,47-45+,55-53+. The van der Waals surface area contributed by atoms with Gasteiger partial charge in [-0.2, -0.15) is 0 Å². The van der Waals surface area contributed by atoms with Crippen molar-refractivity contribution < 1.29 is 89.4 Å². The average molecular weight is 1380 g/mol. The van der Waals surface area contributed by atoms with Gasteiger partial charge in [-0.15, -0.1) is 0 Å². The van der Waals surface area contributed by atoms with Gasteiger partial charge in [0.2, 0.25) is 5.91 Å². The van der Waals surface area contributed by atoms with Crippen molar-refractivity contribution in [2.24, 2.45) is 0 Å². The number of amides is 1. The highest BCUT2D eigenvalue weighted by Gasteiger charge is 2.53. The molecule has 17 atom stereocenters. The molecule has 3 heterocycles. The summed E-state index contributed by atoms with van der Waals surface area (Å²) in [7, 11) is 0. The summed E-state index contributed by atoms with van der Waals surface area (Å²) in [5, 5.41) is 120. The third-order valence-corrected chi connectivity index (χ3v) is 18.9. The van der Waals surface area contributed by atoms with Crippen molar-refractivity contribution in [1.29, 1.82) is 0 Å². The van der Waals surface area contributed by atoms with Crippen LogP contribution in [0.4, 0.5) is 0 Å². The molecular formula is C78H139NO18. The zero-order chi connectivity index (χ0) is 70.4. The second-order valence-electron chi connectivity index (χ2n) is 27.4. The van der Waals surface area contributed by atoms with Crippen LogP contribution in [0.3, 0.4) is 0 Å². The molecule has 3 fully saturated rings. The lowest BCUT2D eigenvalue weighted by Gasteiger charge is -2.48. The Balaban J connectivity index is 1.26. The molecule has 19 nitrogen and oxygen atoms in total. The van der Waals surface area contributed by atoms with Crippen molar-refractivity contribution >= 4 is 5.91 Å². The molecule has 0 saturated carbocycles. The van der Waals surface area contributed by atoms with Crippen molar-refractivity contribution in [2.45, 2.75) is 388 Å². The molecule has 0 bridgehead atoms. The zero-order valence-electron chi connectivity index (χ0n) is 60.0. The first kappa shape index (κ1) is 88.4. The summed E-state index contributed by atoms with van der Waals surface area (Å²) in [6.07, 6.45) is 49.5. The third kappa shape index (κ3) is 39.5. The molecule has 17 unspecified atom stereocenters. The Morgan fingerprint density at radius 3 is 1.13 bits per heavy atom. The lowest BCUT2D eigenvalue weighted by Crippen LogP contribution is -2.66. The van der Waals surface area contributed by atoms with Gasteiger partial charge in [0.05, 0.1) is 38.6 Å². The molecule has 0 radical (unpaired) electrons. The number of ether oxygens (including phenoxy) is 6. The van der Waals surface area contributed by atoms with Gasteiger partial charge >= 0.3 is 0 Å². The van der Waals surface area contributed by atoms with Gasteiger partial charge in [0.15, 0.2) is 18.9 Å². The van der Waals surface area contributed by atoms with Crippen molar-refractivity contribution in [1.82, 2.24) is 5.32 Å². The summed E-state index contributed by atoms with van der Waals surface area (Å²) < 4.78 is 34.3. The molecule has 97 heavy (non-hydrogen) atoms. The van der Waals surface area contributed by atoms with Gasteiger partial charge in [0.1, 0.15) is 73.2 Å². The normalized spacial score (nSPS) is 27.3. The van der Waals surface area contributed by atoms with Gasteiger partial charge in [-0.05, 0) is 77.0 Å². The average Bonchev–Trinajstić information content (AvgIpc) is 0.792. The fraction of sp³-hybridized carbons (Fsp3) is 0.833. The predicted molar refractivity (Wildman–Crippen MR) is 383 cm³/mol. The largest absolute Gasteiger partial charge is 0.394 e. The second-order valence-corrected chi connectivity index (χ2v) is 27.4. The first-order valence-electron chi connectivity index (χ1n) is 38.7. The fourth-order valence-electron chi connectivity index (χ4n) is 12.7. The van der Waals surface area contributed by atoms with Crippen LogP contribution in [0.1, 0.15) is 284 Å². The molecule has 12 N–H and O–H groups in total. The molecule has 3 rings (SSSR count). The topological polar surface area (TPSA) is 307 Å². The lowest BCUT2D eigenvalue weighted by molar-refractivity contribution is -0.379. The monoisotopic (exact) mass is 1380 g/mol. The zero-order valence-corrected chi connectivity index (χ0v) is 60.0. The number of carbonyl (C=O) groups is 1. The highest BCUT2D eigenvalue weighted by Crippen LogP contribution is 2.33. The van der Waals surface area contributed by atoms with Gasteiger partial charge in [0.25, 0.3) is 0 Å². The fourth-order valence-corrected chi connectivity index (χ4v) is 12.7. The molecule has 0 aromatic heterocycles. The Labute approximate surface area is 585 Å². The Bertz CT molecular complexity index is 2040. The molecule has 1 amide bonds. The van der Waals surface area contributed by atoms with E-state index in [1.165, 1.54) is 186 Å². The first-order valence-corrected chi connectivity index (χ1v) is 38.7. The Kier molecular flexibility index (Phi) is 53.5. The van der Waals surface area contributed by atoms with Crippen LogP contribution in [0.5, 0.6) is 0 Å². The predicted octanol–water partition coefficient (Wildman–Crippen LogP) is 12.1. The summed E-state index contributed by atoms with van der Waals surface area (Å²) in [5.41, 5.74) is 0. The Morgan fingerprint density at radius 2 is 0.711 bits per heavy atom. The van der Waals surface area contributed by atoms with Crippen LogP contribution >= 0.6 is 0 Å². The van der Waals surface area contributed by atoms with E-state index >= 15 is 0 Å². The number of allylic oxidation sites excluding steroid dienone is 11. The number of hydrogen-bond donors (Lipinski definition) is 12. The second kappa shape index (κ2) is 58.7. The maximum Gasteiger partial charge on any atom is 0.220 e. The SMILES string of the molecule is CCC/C=C/CC/C=C/CC/C=C/C(O)C(COC1OC(CO)C(OC2OC(CO)C(OC3OC(CO)C(O)C(O)C3O)C(O)C2O)C(O)C1O)NC(=O)CCCCCCCCCCCCCCCCCCCCCCCCCCCC/C=C\C/C=C\C/C=C\CCCCCCC. The summed E-state index contributed by atoms with van der Waals surface area (Å²) in [4.78, 5) is 13.4. The van der Waals surface area contributed by atoms with E-state index in [4.69, 9.17) is 28.4 Å². The van der Waals surface area contributed by atoms with E-state index in [0.717, 1.165) is 64.2 Å².